The average molecular weight is 588 g/mol. The first-order valence-corrected chi connectivity index (χ1v) is 14.6. The molecule has 3 amide bonds. The minimum atomic E-state index is -0.514. The van der Waals surface area contributed by atoms with Crippen LogP contribution in [0.2, 0.25) is 0 Å². The van der Waals surface area contributed by atoms with Gasteiger partial charge in [-0.2, -0.15) is 0 Å². The summed E-state index contributed by atoms with van der Waals surface area (Å²) < 4.78 is 17.2. The summed E-state index contributed by atoms with van der Waals surface area (Å²) in [4.78, 5) is 42.2. The Balaban J connectivity index is 1.25. The van der Waals surface area contributed by atoms with Crippen LogP contribution in [0, 0.1) is 6.92 Å². The number of hydrogen-bond acceptors (Lipinski definition) is 8. The molecule has 3 aromatic carbocycles. The number of nitrogens with zero attached hydrogens (tertiary/aromatic N) is 2. The zero-order valence-corrected chi connectivity index (χ0v) is 24.4. The number of benzene rings is 3. The Labute approximate surface area is 249 Å². The summed E-state index contributed by atoms with van der Waals surface area (Å²) in [5.41, 5.74) is 4.37. The number of rotatable bonds is 10. The largest absolute Gasteiger partial charge is 0.490 e. The lowest BCUT2D eigenvalue weighted by atomic mass is 10.1. The number of amides is 3. The van der Waals surface area contributed by atoms with Crippen molar-refractivity contribution in [2.75, 3.05) is 49.7 Å². The van der Waals surface area contributed by atoms with Gasteiger partial charge in [-0.05, 0) is 67.1 Å². The lowest BCUT2D eigenvalue weighted by Gasteiger charge is -2.30. The van der Waals surface area contributed by atoms with Crippen LogP contribution in [-0.2, 0) is 20.9 Å². The van der Waals surface area contributed by atoms with Gasteiger partial charge in [-0.1, -0.05) is 48.0 Å². The van der Waals surface area contributed by atoms with Gasteiger partial charge in [0.05, 0.1) is 36.1 Å². The second kappa shape index (κ2) is 13.6. The van der Waals surface area contributed by atoms with E-state index in [2.05, 4.69) is 16.3 Å². The first-order chi connectivity index (χ1) is 20.4. The molecule has 0 atom stereocenters. The number of para-hydroxylation sites is 2. The third-order valence-corrected chi connectivity index (χ3v) is 7.65. The Bertz CT molecular complexity index is 1500. The maximum Gasteiger partial charge on any atom is 0.294 e. The standard InChI is InChI=1S/C32H33N3O6S/c1-3-40-28-18-23(11-12-27(28)41-21-24-8-6-7-22(2)17-24)19-29-31(37)35(32(38)42-29)20-30(36)33-25-9-4-5-10-26(25)34-13-15-39-16-14-34/h4-12,17-19H,3,13-16,20-21H2,1-2H3,(H,33,36)/b29-19-. The van der Waals surface area contributed by atoms with Gasteiger partial charge in [-0.3, -0.25) is 19.3 Å². The van der Waals surface area contributed by atoms with Crippen LogP contribution in [0.25, 0.3) is 6.08 Å². The predicted octanol–water partition coefficient (Wildman–Crippen LogP) is 5.48. The Kier molecular flexibility index (Phi) is 9.45. The molecule has 3 aromatic rings. The van der Waals surface area contributed by atoms with Crippen molar-refractivity contribution >= 4 is 46.3 Å². The Morgan fingerprint density at radius 3 is 2.60 bits per heavy atom. The summed E-state index contributed by atoms with van der Waals surface area (Å²) in [7, 11) is 0. The van der Waals surface area contributed by atoms with E-state index in [1.165, 1.54) is 0 Å². The summed E-state index contributed by atoms with van der Waals surface area (Å²) in [5, 5.41) is 2.37. The monoisotopic (exact) mass is 587 g/mol. The molecule has 0 aliphatic carbocycles. The number of imide groups is 1. The highest BCUT2D eigenvalue weighted by molar-refractivity contribution is 8.18. The second-order valence-electron chi connectivity index (χ2n) is 9.85. The summed E-state index contributed by atoms with van der Waals surface area (Å²) in [6.07, 6.45) is 1.63. The van der Waals surface area contributed by atoms with Gasteiger partial charge in [-0.25, -0.2) is 0 Å². The molecule has 2 aliphatic heterocycles. The van der Waals surface area contributed by atoms with Crippen LogP contribution in [0.3, 0.4) is 0 Å². The number of hydrogen-bond donors (Lipinski definition) is 1. The molecule has 9 nitrogen and oxygen atoms in total. The highest BCUT2D eigenvalue weighted by atomic mass is 32.2. The molecule has 2 saturated heterocycles. The van der Waals surface area contributed by atoms with E-state index >= 15 is 0 Å². The van der Waals surface area contributed by atoms with Crippen molar-refractivity contribution in [1.82, 2.24) is 4.90 Å². The van der Waals surface area contributed by atoms with Crippen molar-refractivity contribution in [3.63, 3.8) is 0 Å². The number of anilines is 2. The van der Waals surface area contributed by atoms with Gasteiger partial charge in [0.2, 0.25) is 5.91 Å². The Hall–Kier alpha value is -4.28. The first kappa shape index (κ1) is 29.2. The van der Waals surface area contributed by atoms with E-state index in [0.717, 1.165) is 33.5 Å². The molecule has 218 valence electrons. The van der Waals surface area contributed by atoms with Gasteiger partial charge >= 0.3 is 0 Å². The second-order valence-corrected chi connectivity index (χ2v) is 10.8. The minimum absolute atomic E-state index is 0.234. The number of aryl methyl sites for hydroxylation is 1. The molecule has 42 heavy (non-hydrogen) atoms. The van der Waals surface area contributed by atoms with E-state index in [0.29, 0.717) is 62.3 Å². The third-order valence-electron chi connectivity index (χ3n) is 6.75. The van der Waals surface area contributed by atoms with Crippen LogP contribution in [0.1, 0.15) is 23.6 Å². The van der Waals surface area contributed by atoms with Gasteiger partial charge in [0.25, 0.3) is 11.1 Å². The maximum absolute atomic E-state index is 13.1. The lowest BCUT2D eigenvalue weighted by Crippen LogP contribution is -2.38. The van der Waals surface area contributed by atoms with Crippen molar-refractivity contribution in [2.24, 2.45) is 0 Å². The van der Waals surface area contributed by atoms with Gasteiger partial charge in [0.15, 0.2) is 11.5 Å². The van der Waals surface area contributed by atoms with E-state index < -0.39 is 17.1 Å². The van der Waals surface area contributed by atoms with Crippen molar-refractivity contribution in [2.45, 2.75) is 20.5 Å². The van der Waals surface area contributed by atoms with Crippen LogP contribution < -0.4 is 19.7 Å². The molecule has 5 rings (SSSR count). The van der Waals surface area contributed by atoms with E-state index in [9.17, 15) is 14.4 Å². The maximum atomic E-state index is 13.1. The van der Waals surface area contributed by atoms with Gasteiger partial charge in [-0.15, -0.1) is 0 Å². The fourth-order valence-corrected chi connectivity index (χ4v) is 5.58. The molecule has 2 aliphatic rings. The number of carbonyl (C=O) groups is 3. The van der Waals surface area contributed by atoms with E-state index in [1.54, 1.807) is 30.3 Å². The van der Waals surface area contributed by atoms with E-state index in [-0.39, 0.29) is 11.4 Å². The first-order valence-electron chi connectivity index (χ1n) is 13.8. The van der Waals surface area contributed by atoms with Crippen molar-refractivity contribution in [3.8, 4) is 11.5 Å². The molecule has 0 radical (unpaired) electrons. The molecule has 0 aromatic heterocycles. The number of carbonyl (C=O) groups excluding carboxylic acids is 3. The fraction of sp³-hybridized carbons (Fsp3) is 0.281. The smallest absolute Gasteiger partial charge is 0.294 e. The fourth-order valence-electron chi connectivity index (χ4n) is 4.75. The normalized spacial score (nSPS) is 16.2. The zero-order chi connectivity index (χ0) is 29.5. The lowest BCUT2D eigenvalue weighted by molar-refractivity contribution is -0.127. The summed E-state index contributed by atoms with van der Waals surface area (Å²) in [6, 6.07) is 20.9. The molecular formula is C32H33N3O6S. The highest BCUT2D eigenvalue weighted by Gasteiger charge is 2.36. The minimum Gasteiger partial charge on any atom is -0.490 e. The zero-order valence-electron chi connectivity index (χ0n) is 23.6. The van der Waals surface area contributed by atoms with Crippen molar-refractivity contribution in [1.29, 1.82) is 0 Å². The summed E-state index contributed by atoms with van der Waals surface area (Å²) in [6.45, 7) is 7.01. The number of thioether (sulfide) groups is 1. The molecule has 2 fully saturated rings. The molecule has 0 spiro atoms. The Morgan fingerprint density at radius 1 is 1.00 bits per heavy atom. The van der Waals surface area contributed by atoms with E-state index in [4.69, 9.17) is 14.2 Å². The van der Waals surface area contributed by atoms with Crippen LogP contribution in [0.15, 0.2) is 71.6 Å². The van der Waals surface area contributed by atoms with Crippen LogP contribution in [-0.4, -0.2) is 61.4 Å². The van der Waals surface area contributed by atoms with E-state index in [1.807, 2.05) is 50.2 Å². The topological polar surface area (TPSA) is 97.4 Å². The highest BCUT2D eigenvalue weighted by Crippen LogP contribution is 2.35. The summed E-state index contributed by atoms with van der Waals surface area (Å²) in [5.74, 6) is 0.154. The average Bonchev–Trinajstić information content (AvgIpc) is 3.25. The molecule has 1 N–H and O–H groups in total. The van der Waals surface area contributed by atoms with Crippen LogP contribution in [0.5, 0.6) is 11.5 Å². The Morgan fingerprint density at radius 2 is 1.81 bits per heavy atom. The van der Waals surface area contributed by atoms with Crippen molar-refractivity contribution in [3.05, 3.63) is 88.3 Å². The summed E-state index contributed by atoms with van der Waals surface area (Å²) >= 11 is 0.807. The third kappa shape index (κ3) is 7.13. The molecule has 10 heteroatoms. The van der Waals surface area contributed by atoms with Gasteiger partial charge in [0, 0.05) is 13.1 Å². The molecule has 0 unspecified atom stereocenters. The molecular weight excluding hydrogens is 554 g/mol. The molecule has 0 bridgehead atoms. The number of nitrogens with one attached hydrogen (secondary N) is 1. The molecule has 2 heterocycles. The quantitative estimate of drug-likeness (QED) is 0.312. The van der Waals surface area contributed by atoms with Crippen molar-refractivity contribution < 1.29 is 28.6 Å². The van der Waals surface area contributed by atoms with Crippen LogP contribution in [0.4, 0.5) is 16.2 Å². The molecule has 0 saturated carbocycles. The van der Waals surface area contributed by atoms with Gasteiger partial charge in [0.1, 0.15) is 13.2 Å². The van der Waals surface area contributed by atoms with Gasteiger partial charge < -0.3 is 24.4 Å². The predicted molar refractivity (Wildman–Crippen MR) is 164 cm³/mol. The van der Waals surface area contributed by atoms with Crippen LogP contribution >= 0.6 is 11.8 Å². The SMILES string of the molecule is CCOc1cc(/C=C2\SC(=O)N(CC(=O)Nc3ccccc3N3CCOCC3)C2=O)ccc1OCc1cccc(C)c1. The number of morpholine rings is 1. The number of ether oxygens (including phenoxy) is 3.